The van der Waals surface area contributed by atoms with E-state index in [9.17, 15) is 4.79 Å². The third-order valence-corrected chi connectivity index (χ3v) is 6.34. The second-order valence-corrected chi connectivity index (χ2v) is 8.68. The van der Waals surface area contributed by atoms with E-state index in [0.717, 1.165) is 58.4 Å². The van der Waals surface area contributed by atoms with Crippen molar-refractivity contribution in [3.8, 4) is 22.8 Å². The minimum absolute atomic E-state index is 0.0222. The van der Waals surface area contributed by atoms with Gasteiger partial charge in [-0.2, -0.15) is 0 Å². The molecule has 0 spiro atoms. The summed E-state index contributed by atoms with van der Waals surface area (Å²) >= 11 is 1.62. The number of methoxy groups -OCH3 is 2. The Balaban J connectivity index is 1.45. The Morgan fingerprint density at radius 2 is 2.10 bits per heavy atom. The number of hydrogen-bond acceptors (Lipinski definition) is 6. The molecule has 0 radical (unpaired) electrons. The van der Waals surface area contributed by atoms with Crippen molar-refractivity contribution in [3.63, 3.8) is 0 Å². The Morgan fingerprint density at radius 3 is 2.84 bits per heavy atom. The van der Waals surface area contributed by atoms with Crippen LogP contribution in [0.5, 0.6) is 11.5 Å². The molecule has 0 bridgehead atoms. The molecule has 0 aliphatic carbocycles. The molecule has 1 atom stereocenters. The highest BCUT2D eigenvalue weighted by Crippen LogP contribution is 2.38. The zero-order valence-corrected chi connectivity index (χ0v) is 18.9. The molecule has 31 heavy (non-hydrogen) atoms. The van der Waals surface area contributed by atoms with Gasteiger partial charge in [0.1, 0.15) is 11.5 Å². The van der Waals surface area contributed by atoms with Crippen LogP contribution in [-0.2, 0) is 4.79 Å². The highest BCUT2D eigenvalue weighted by Gasteiger charge is 2.30. The molecule has 2 heterocycles. The van der Waals surface area contributed by atoms with E-state index in [-0.39, 0.29) is 11.9 Å². The van der Waals surface area contributed by atoms with Crippen molar-refractivity contribution in [1.82, 2.24) is 9.88 Å². The Bertz CT molecular complexity index is 1070. The fourth-order valence-electron chi connectivity index (χ4n) is 4.10. The van der Waals surface area contributed by atoms with E-state index in [2.05, 4.69) is 15.2 Å². The van der Waals surface area contributed by atoms with Crippen LogP contribution in [-0.4, -0.2) is 43.1 Å². The molecule has 6 nitrogen and oxygen atoms in total. The highest BCUT2D eigenvalue weighted by atomic mass is 32.1. The van der Waals surface area contributed by atoms with Crippen LogP contribution >= 0.6 is 11.3 Å². The van der Waals surface area contributed by atoms with E-state index >= 15 is 0 Å². The predicted octanol–water partition coefficient (Wildman–Crippen LogP) is 4.91. The largest absolute Gasteiger partial charge is 0.497 e. The lowest BCUT2D eigenvalue weighted by atomic mass is 10.0. The summed E-state index contributed by atoms with van der Waals surface area (Å²) in [6.45, 7) is 3.20. The maximum atomic E-state index is 12.8. The number of benzene rings is 2. The number of nitrogens with one attached hydrogen (secondary N) is 1. The van der Waals surface area contributed by atoms with Crippen LogP contribution in [0.25, 0.3) is 11.3 Å². The predicted molar refractivity (Wildman–Crippen MR) is 124 cm³/mol. The lowest BCUT2D eigenvalue weighted by Gasteiger charge is -2.26. The van der Waals surface area contributed by atoms with Crippen LogP contribution in [0.2, 0.25) is 0 Å². The summed E-state index contributed by atoms with van der Waals surface area (Å²) in [6.07, 6.45) is 2.04. The minimum atomic E-state index is -0.0222. The number of aryl methyl sites for hydroxylation is 1. The summed E-state index contributed by atoms with van der Waals surface area (Å²) < 4.78 is 10.9. The van der Waals surface area contributed by atoms with Crippen molar-refractivity contribution in [2.75, 3.05) is 32.6 Å². The van der Waals surface area contributed by atoms with Crippen LogP contribution in [0, 0.1) is 6.92 Å². The summed E-state index contributed by atoms with van der Waals surface area (Å²) in [6, 6.07) is 13.9. The summed E-state index contributed by atoms with van der Waals surface area (Å²) in [4.78, 5) is 19.6. The van der Waals surface area contributed by atoms with Crippen molar-refractivity contribution in [2.24, 2.45) is 0 Å². The molecule has 0 unspecified atom stereocenters. The molecule has 1 aliphatic heterocycles. The number of anilines is 1. The summed E-state index contributed by atoms with van der Waals surface area (Å²) in [5.74, 6) is 1.53. The van der Waals surface area contributed by atoms with Crippen molar-refractivity contribution in [2.45, 2.75) is 25.8 Å². The molecule has 1 aliphatic rings. The van der Waals surface area contributed by atoms with E-state index in [1.165, 1.54) is 0 Å². The number of ether oxygens (including phenoxy) is 2. The number of likely N-dealkylation sites (tertiary alicyclic amines) is 1. The number of amides is 1. The summed E-state index contributed by atoms with van der Waals surface area (Å²) in [5.41, 5.74) is 3.81. The molecule has 4 rings (SSSR count). The second kappa shape index (κ2) is 9.49. The Labute approximate surface area is 186 Å². The van der Waals surface area contributed by atoms with E-state index < -0.39 is 0 Å². The van der Waals surface area contributed by atoms with Gasteiger partial charge in [0, 0.05) is 34.3 Å². The molecule has 1 aromatic heterocycles. The van der Waals surface area contributed by atoms with Crippen LogP contribution in [0.1, 0.15) is 29.5 Å². The molecular weight excluding hydrogens is 410 g/mol. The molecule has 7 heteroatoms. The van der Waals surface area contributed by atoms with Crippen molar-refractivity contribution in [3.05, 3.63) is 58.4 Å². The third kappa shape index (κ3) is 4.89. The normalized spacial score (nSPS) is 16.3. The smallest absolute Gasteiger partial charge is 0.238 e. The first-order valence-corrected chi connectivity index (χ1v) is 11.2. The molecule has 0 saturated carbocycles. The van der Waals surface area contributed by atoms with Gasteiger partial charge in [-0.1, -0.05) is 18.2 Å². The average Bonchev–Trinajstić information content (AvgIpc) is 3.42. The number of hydrogen-bond donors (Lipinski definition) is 1. The van der Waals surface area contributed by atoms with Crippen molar-refractivity contribution < 1.29 is 14.3 Å². The first kappa shape index (κ1) is 21.3. The van der Waals surface area contributed by atoms with E-state index in [0.29, 0.717) is 6.54 Å². The number of carbonyl (C=O) groups is 1. The van der Waals surface area contributed by atoms with Crippen molar-refractivity contribution >= 4 is 22.9 Å². The highest BCUT2D eigenvalue weighted by molar-refractivity contribution is 7.09. The quantitative estimate of drug-likeness (QED) is 0.569. The van der Waals surface area contributed by atoms with Gasteiger partial charge < -0.3 is 14.8 Å². The van der Waals surface area contributed by atoms with E-state index in [1.54, 1.807) is 25.6 Å². The monoisotopic (exact) mass is 437 g/mol. The molecule has 2 aromatic carbocycles. The first-order valence-electron chi connectivity index (χ1n) is 10.4. The fourth-order valence-corrected chi connectivity index (χ4v) is 4.72. The zero-order chi connectivity index (χ0) is 21.8. The van der Waals surface area contributed by atoms with Gasteiger partial charge >= 0.3 is 0 Å². The number of aromatic nitrogens is 1. The SMILES string of the molecule is COc1ccc([C@@H]2CCCN2CC(=O)Nc2cccc(-c3csc(C)n3)c2)c(OC)c1. The molecule has 162 valence electrons. The van der Waals surface area contributed by atoms with Gasteiger partial charge in [0.25, 0.3) is 0 Å². The second-order valence-electron chi connectivity index (χ2n) is 7.62. The van der Waals surface area contributed by atoms with E-state index in [1.807, 2.05) is 54.8 Å². The topological polar surface area (TPSA) is 63.7 Å². The lowest BCUT2D eigenvalue weighted by molar-refractivity contribution is -0.117. The average molecular weight is 438 g/mol. The number of nitrogens with zero attached hydrogens (tertiary/aromatic N) is 2. The van der Waals surface area contributed by atoms with Gasteiger partial charge in [0.05, 0.1) is 31.5 Å². The first-order chi connectivity index (χ1) is 15.1. The van der Waals surface area contributed by atoms with Crippen LogP contribution in [0.15, 0.2) is 47.8 Å². The Kier molecular flexibility index (Phi) is 6.53. The van der Waals surface area contributed by atoms with Gasteiger partial charge in [0.2, 0.25) is 5.91 Å². The third-order valence-electron chi connectivity index (χ3n) is 5.57. The maximum absolute atomic E-state index is 12.8. The van der Waals surface area contributed by atoms with Crippen LogP contribution < -0.4 is 14.8 Å². The lowest BCUT2D eigenvalue weighted by Crippen LogP contribution is -2.33. The zero-order valence-electron chi connectivity index (χ0n) is 18.1. The molecule has 1 amide bonds. The van der Waals surface area contributed by atoms with Gasteiger partial charge in [-0.25, -0.2) is 4.98 Å². The molecule has 1 N–H and O–H groups in total. The van der Waals surface area contributed by atoms with E-state index in [4.69, 9.17) is 9.47 Å². The Morgan fingerprint density at radius 1 is 1.23 bits per heavy atom. The molecule has 1 fully saturated rings. The fraction of sp³-hybridized carbons (Fsp3) is 0.333. The van der Waals surface area contributed by atoms with Gasteiger partial charge in [0.15, 0.2) is 0 Å². The number of carbonyl (C=O) groups excluding carboxylic acids is 1. The molecular formula is C24H27N3O3S. The number of thiazole rings is 1. The maximum Gasteiger partial charge on any atom is 0.238 e. The Hall–Kier alpha value is -2.90. The minimum Gasteiger partial charge on any atom is -0.497 e. The number of rotatable bonds is 7. The molecule has 3 aromatic rings. The van der Waals surface area contributed by atoms with Gasteiger partial charge in [-0.3, -0.25) is 9.69 Å². The van der Waals surface area contributed by atoms with Gasteiger partial charge in [-0.15, -0.1) is 11.3 Å². The van der Waals surface area contributed by atoms with Crippen LogP contribution in [0.3, 0.4) is 0 Å². The summed E-state index contributed by atoms with van der Waals surface area (Å²) in [7, 11) is 3.31. The summed E-state index contributed by atoms with van der Waals surface area (Å²) in [5, 5.41) is 6.11. The van der Waals surface area contributed by atoms with Gasteiger partial charge in [-0.05, 0) is 44.5 Å². The van der Waals surface area contributed by atoms with Crippen LogP contribution in [0.4, 0.5) is 5.69 Å². The molecule has 1 saturated heterocycles. The standard InChI is InChI=1S/C24H27N3O3S/c1-16-25-21(15-31-16)17-6-4-7-18(12-17)26-24(28)14-27-11-5-8-22(27)20-10-9-19(29-2)13-23(20)30-3/h4,6-7,9-10,12-13,15,22H,5,8,11,14H2,1-3H3,(H,26,28)/t22-/m0/s1. The van der Waals surface area contributed by atoms with Crippen molar-refractivity contribution in [1.29, 1.82) is 0 Å².